The largest absolute Gasteiger partial charge is 0.483 e. The lowest BCUT2D eigenvalue weighted by Crippen LogP contribution is -2.33. The van der Waals surface area contributed by atoms with E-state index in [0.717, 1.165) is 28.6 Å². The van der Waals surface area contributed by atoms with Crippen molar-refractivity contribution in [2.75, 3.05) is 13.7 Å². The second-order valence-corrected chi connectivity index (χ2v) is 5.35. The molecule has 1 aromatic rings. The number of nitrogens with zero attached hydrogens (tertiary/aromatic N) is 1. The number of ether oxygens (including phenoxy) is 1. The number of amides is 1. The zero-order valence-electron chi connectivity index (χ0n) is 10.1. The zero-order valence-corrected chi connectivity index (χ0v) is 11.7. The minimum atomic E-state index is 0.0508. The van der Waals surface area contributed by atoms with Gasteiger partial charge >= 0.3 is 0 Å². The Morgan fingerprint density at radius 2 is 2.24 bits per heavy atom. The molecule has 92 valence electrons. The van der Waals surface area contributed by atoms with E-state index in [1.807, 2.05) is 32.2 Å². The Hall–Kier alpha value is -1.03. The van der Waals surface area contributed by atoms with Gasteiger partial charge in [0.1, 0.15) is 5.75 Å². The Morgan fingerprint density at radius 1 is 1.53 bits per heavy atom. The van der Waals surface area contributed by atoms with Gasteiger partial charge < -0.3 is 9.64 Å². The summed E-state index contributed by atoms with van der Waals surface area (Å²) in [6.45, 7) is 2.09. The number of halogens is 1. The van der Waals surface area contributed by atoms with Crippen molar-refractivity contribution in [2.45, 2.75) is 25.8 Å². The van der Waals surface area contributed by atoms with Crippen molar-refractivity contribution >= 4 is 21.8 Å². The summed E-state index contributed by atoms with van der Waals surface area (Å²) < 4.78 is 6.56. The van der Waals surface area contributed by atoms with Crippen molar-refractivity contribution in [3.05, 3.63) is 28.2 Å². The molecule has 1 aliphatic carbocycles. The van der Waals surface area contributed by atoms with Crippen LogP contribution in [0.4, 0.5) is 0 Å². The second-order valence-electron chi connectivity index (χ2n) is 4.43. The number of hydrogen-bond acceptors (Lipinski definition) is 2. The van der Waals surface area contributed by atoms with Gasteiger partial charge in [0, 0.05) is 17.6 Å². The summed E-state index contributed by atoms with van der Waals surface area (Å²) in [7, 11) is 1.85. The van der Waals surface area contributed by atoms with E-state index in [2.05, 4.69) is 15.9 Å². The number of rotatable bonds is 4. The van der Waals surface area contributed by atoms with Crippen LogP contribution in [-0.4, -0.2) is 30.5 Å². The Kier molecular flexibility index (Phi) is 3.72. The molecule has 2 rings (SSSR count). The second kappa shape index (κ2) is 5.08. The van der Waals surface area contributed by atoms with Crippen molar-refractivity contribution in [2.24, 2.45) is 0 Å². The smallest absolute Gasteiger partial charge is 0.260 e. The number of carbonyl (C=O) groups excluding carboxylic acids is 1. The zero-order chi connectivity index (χ0) is 12.4. The first-order valence-corrected chi connectivity index (χ1v) is 6.52. The predicted molar refractivity (Wildman–Crippen MR) is 70.2 cm³/mol. The van der Waals surface area contributed by atoms with Crippen molar-refractivity contribution < 1.29 is 9.53 Å². The SMILES string of the molecule is Cc1cc(Br)ccc1OCC(=O)N(C)C1CC1. The highest BCUT2D eigenvalue weighted by atomic mass is 79.9. The molecule has 1 aliphatic rings. The molecule has 4 heteroatoms. The van der Waals surface area contributed by atoms with Crippen LogP contribution in [0, 0.1) is 6.92 Å². The Bertz CT molecular complexity index is 429. The lowest BCUT2D eigenvalue weighted by Gasteiger charge is -2.17. The topological polar surface area (TPSA) is 29.5 Å². The molecule has 0 spiro atoms. The predicted octanol–water partition coefficient (Wildman–Crippen LogP) is 2.76. The number of aryl methyl sites for hydroxylation is 1. The van der Waals surface area contributed by atoms with E-state index >= 15 is 0 Å². The fourth-order valence-corrected chi connectivity index (χ4v) is 2.16. The van der Waals surface area contributed by atoms with Gasteiger partial charge in [0.25, 0.3) is 5.91 Å². The van der Waals surface area contributed by atoms with Gasteiger partial charge in [-0.15, -0.1) is 0 Å². The Labute approximate surface area is 110 Å². The van der Waals surface area contributed by atoms with Crippen molar-refractivity contribution in [1.29, 1.82) is 0 Å². The van der Waals surface area contributed by atoms with Crippen molar-refractivity contribution in [1.82, 2.24) is 4.90 Å². The average Bonchev–Trinajstić information content (AvgIpc) is 3.10. The molecule has 0 radical (unpaired) electrons. The Balaban J connectivity index is 1.90. The molecule has 0 aromatic heterocycles. The third kappa shape index (κ3) is 3.22. The molecule has 0 unspecified atom stereocenters. The fraction of sp³-hybridized carbons (Fsp3) is 0.462. The van der Waals surface area contributed by atoms with Crippen LogP contribution in [0.25, 0.3) is 0 Å². The van der Waals surface area contributed by atoms with Crippen molar-refractivity contribution in [3.8, 4) is 5.75 Å². The standard InChI is InChI=1S/C13H16BrNO2/c1-9-7-10(14)3-6-12(9)17-8-13(16)15(2)11-4-5-11/h3,6-7,11H,4-5,8H2,1-2H3. The molecule has 0 bridgehead atoms. The third-order valence-corrected chi connectivity index (χ3v) is 3.47. The Morgan fingerprint density at radius 3 is 2.82 bits per heavy atom. The van der Waals surface area contributed by atoms with Crippen LogP contribution < -0.4 is 4.74 Å². The summed E-state index contributed by atoms with van der Waals surface area (Å²) in [6.07, 6.45) is 2.25. The van der Waals surface area contributed by atoms with Gasteiger partial charge in [0.05, 0.1) is 0 Å². The summed E-state index contributed by atoms with van der Waals surface area (Å²) in [5.41, 5.74) is 1.03. The molecule has 0 heterocycles. The molecular weight excluding hydrogens is 282 g/mol. The highest BCUT2D eigenvalue weighted by Crippen LogP contribution is 2.26. The molecular formula is C13H16BrNO2. The van der Waals surface area contributed by atoms with E-state index in [4.69, 9.17) is 4.74 Å². The first kappa shape index (κ1) is 12.4. The molecule has 1 saturated carbocycles. The van der Waals surface area contributed by atoms with Crippen LogP contribution >= 0.6 is 15.9 Å². The van der Waals surface area contributed by atoms with Gasteiger partial charge in [-0.2, -0.15) is 0 Å². The highest BCUT2D eigenvalue weighted by molar-refractivity contribution is 9.10. The number of carbonyl (C=O) groups is 1. The van der Waals surface area contributed by atoms with Crippen molar-refractivity contribution in [3.63, 3.8) is 0 Å². The van der Waals surface area contributed by atoms with E-state index in [0.29, 0.717) is 6.04 Å². The van der Waals surface area contributed by atoms with E-state index < -0.39 is 0 Å². The molecule has 0 N–H and O–H groups in total. The fourth-order valence-electron chi connectivity index (χ4n) is 1.68. The molecule has 0 aliphatic heterocycles. The number of likely N-dealkylation sites (N-methyl/N-ethyl adjacent to an activating group) is 1. The highest BCUT2D eigenvalue weighted by Gasteiger charge is 2.29. The van der Waals surface area contributed by atoms with Gasteiger partial charge in [-0.05, 0) is 43.5 Å². The monoisotopic (exact) mass is 297 g/mol. The maximum absolute atomic E-state index is 11.8. The average molecular weight is 298 g/mol. The summed E-state index contributed by atoms with van der Waals surface area (Å²) in [5.74, 6) is 0.820. The molecule has 1 amide bonds. The lowest BCUT2D eigenvalue weighted by molar-refractivity contribution is -0.132. The van der Waals surface area contributed by atoms with E-state index in [9.17, 15) is 4.79 Å². The third-order valence-electron chi connectivity index (χ3n) is 2.98. The number of hydrogen-bond donors (Lipinski definition) is 0. The summed E-state index contributed by atoms with van der Waals surface area (Å²) in [5, 5.41) is 0. The van der Waals surface area contributed by atoms with E-state index in [-0.39, 0.29) is 12.5 Å². The summed E-state index contributed by atoms with van der Waals surface area (Å²) in [4.78, 5) is 13.6. The summed E-state index contributed by atoms with van der Waals surface area (Å²) >= 11 is 3.40. The first-order valence-electron chi connectivity index (χ1n) is 5.72. The van der Waals surface area contributed by atoms with Gasteiger partial charge in [-0.1, -0.05) is 15.9 Å². The molecule has 1 aromatic carbocycles. The first-order chi connectivity index (χ1) is 8.08. The molecule has 0 atom stereocenters. The lowest BCUT2D eigenvalue weighted by atomic mass is 10.2. The molecule has 3 nitrogen and oxygen atoms in total. The minimum absolute atomic E-state index is 0.0508. The van der Waals surface area contributed by atoms with Crippen LogP contribution in [0.15, 0.2) is 22.7 Å². The summed E-state index contributed by atoms with van der Waals surface area (Å²) in [6, 6.07) is 6.21. The molecule has 17 heavy (non-hydrogen) atoms. The molecule has 0 saturated heterocycles. The van der Waals surface area contributed by atoms with Gasteiger partial charge in [0.2, 0.25) is 0 Å². The normalized spacial score (nSPS) is 14.5. The van der Waals surface area contributed by atoms with Crippen LogP contribution in [0.3, 0.4) is 0 Å². The van der Waals surface area contributed by atoms with E-state index in [1.165, 1.54) is 0 Å². The quantitative estimate of drug-likeness (QED) is 0.855. The van der Waals surface area contributed by atoms with Gasteiger partial charge in [-0.3, -0.25) is 4.79 Å². The maximum Gasteiger partial charge on any atom is 0.260 e. The van der Waals surface area contributed by atoms with Crippen LogP contribution in [-0.2, 0) is 4.79 Å². The number of benzene rings is 1. The van der Waals surface area contributed by atoms with Crippen LogP contribution in [0.1, 0.15) is 18.4 Å². The van der Waals surface area contributed by atoms with Crippen LogP contribution in [0.5, 0.6) is 5.75 Å². The minimum Gasteiger partial charge on any atom is -0.483 e. The maximum atomic E-state index is 11.8. The van der Waals surface area contributed by atoms with Gasteiger partial charge in [-0.25, -0.2) is 0 Å². The van der Waals surface area contributed by atoms with Crippen LogP contribution in [0.2, 0.25) is 0 Å². The molecule has 1 fully saturated rings. The van der Waals surface area contributed by atoms with E-state index in [1.54, 1.807) is 4.90 Å². The van der Waals surface area contributed by atoms with Gasteiger partial charge in [0.15, 0.2) is 6.61 Å².